The Labute approximate surface area is 221 Å². The summed E-state index contributed by atoms with van der Waals surface area (Å²) >= 11 is 0. The van der Waals surface area contributed by atoms with Crippen molar-refractivity contribution >= 4 is 30.0 Å². The van der Waals surface area contributed by atoms with Crippen molar-refractivity contribution in [2.75, 3.05) is 52.1 Å². The van der Waals surface area contributed by atoms with E-state index in [-0.39, 0.29) is 41.7 Å². The monoisotopic (exact) mass is 527 g/mol. The number of phenolic OH excluding ortho intramolecular Hbond substituents is 1. The minimum absolute atomic E-state index is 0.00244. The van der Waals surface area contributed by atoms with Gasteiger partial charge in [-0.2, -0.15) is 0 Å². The smallest absolute Gasteiger partial charge is 0.415 e. The highest BCUT2D eigenvalue weighted by Crippen LogP contribution is 2.43. The van der Waals surface area contributed by atoms with Gasteiger partial charge in [-0.15, -0.1) is 0 Å². The van der Waals surface area contributed by atoms with Crippen LogP contribution in [0, 0.1) is 5.82 Å². The van der Waals surface area contributed by atoms with Gasteiger partial charge >= 0.3 is 6.09 Å². The number of halogens is 1. The molecular weight excluding hydrogens is 493 g/mol. The maximum atomic E-state index is 13.3. The molecule has 4 N–H and O–H groups in total. The molecule has 1 fully saturated rings. The van der Waals surface area contributed by atoms with Crippen LogP contribution in [-0.4, -0.2) is 84.9 Å². The second kappa shape index (κ2) is 13.0. The summed E-state index contributed by atoms with van der Waals surface area (Å²) in [6.07, 6.45) is 3.36. The Morgan fingerprint density at radius 3 is 2.37 bits per heavy atom. The van der Waals surface area contributed by atoms with Crippen LogP contribution >= 0.6 is 0 Å². The average Bonchev–Trinajstić information content (AvgIpc) is 2.88. The molecule has 0 spiro atoms. The zero-order chi connectivity index (χ0) is 27.8. The highest BCUT2D eigenvalue weighted by Gasteiger charge is 2.29. The van der Waals surface area contributed by atoms with E-state index in [0.717, 1.165) is 5.56 Å². The van der Waals surface area contributed by atoms with Gasteiger partial charge in [-0.1, -0.05) is 24.3 Å². The number of hydrogen-bond donors (Lipinski definition) is 3. The van der Waals surface area contributed by atoms with Crippen molar-refractivity contribution in [2.24, 2.45) is 5.73 Å². The largest absolute Gasteiger partial charge is 0.505 e. The van der Waals surface area contributed by atoms with Crippen LogP contribution < -0.4 is 15.8 Å². The van der Waals surface area contributed by atoms with Crippen molar-refractivity contribution in [1.82, 2.24) is 14.7 Å². The van der Waals surface area contributed by atoms with Crippen LogP contribution in [0.5, 0.6) is 11.5 Å². The normalized spacial score (nSPS) is 14.2. The van der Waals surface area contributed by atoms with Gasteiger partial charge in [0, 0.05) is 57.4 Å². The predicted molar refractivity (Wildman–Crippen MR) is 143 cm³/mol. The Morgan fingerprint density at radius 2 is 1.82 bits per heavy atom. The van der Waals surface area contributed by atoms with Crippen molar-refractivity contribution in [3.63, 3.8) is 0 Å². The number of primary amides is 1. The molecule has 11 heteroatoms. The lowest BCUT2D eigenvalue weighted by Gasteiger charge is -2.33. The van der Waals surface area contributed by atoms with Gasteiger partial charge in [-0.25, -0.2) is 9.18 Å². The number of carbonyl (C=O) groups is 3. The number of aldehydes is 1. The fourth-order valence-corrected chi connectivity index (χ4v) is 4.47. The maximum absolute atomic E-state index is 13.3. The van der Waals surface area contributed by atoms with E-state index in [1.807, 2.05) is 9.80 Å². The van der Waals surface area contributed by atoms with Gasteiger partial charge in [0.25, 0.3) is 0 Å². The number of phenols is 1. The molecule has 2 aromatic rings. The van der Waals surface area contributed by atoms with Gasteiger partial charge < -0.3 is 25.8 Å². The molecule has 10 nitrogen and oxygen atoms in total. The number of ether oxygens (including phenoxy) is 1. The minimum Gasteiger partial charge on any atom is -0.505 e. The van der Waals surface area contributed by atoms with Crippen LogP contribution in [-0.2, 0) is 17.9 Å². The van der Waals surface area contributed by atoms with Crippen molar-refractivity contribution in [3.05, 3.63) is 58.4 Å². The number of carbonyl (C=O) groups excluding carboxylic acids is 3. The molecule has 2 amide bonds. The topological polar surface area (TPSA) is 128 Å². The number of aromatic hydroxyl groups is 1. The lowest BCUT2D eigenvalue weighted by atomic mass is 9.97. The number of amides is 2. The van der Waals surface area contributed by atoms with Crippen molar-refractivity contribution in [1.29, 1.82) is 0 Å². The van der Waals surface area contributed by atoms with Gasteiger partial charge in [-0.3, -0.25) is 19.4 Å². The van der Waals surface area contributed by atoms with E-state index in [9.17, 15) is 23.9 Å². The molecule has 0 atom stereocenters. The van der Waals surface area contributed by atoms with E-state index in [1.165, 1.54) is 17.0 Å². The molecule has 1 heterocycles. The van der Waals surface area contributed by atoms with E-state index >= 15 is 0 Å². The molecule has 3 rings (SSSR count). The van der Waals surface area contributed by atoms with Crippen molar-refractivity contribution in [2.45, 2.75) is 20.0 Å². The third-order valence-corrected chi connectivity index (χ3v) is 6.30. The average molecular weight is 528 g/mol. The second-order valence-corrected chi connectivity index (χ2v) is 9.12. The number of hydrogen-bond acceptors (Lipinski definition) is 8. The Hall–Kier alpha value is -3.96. The summed E-state index contributed by atoms with van der Waals surface area (Å²) in [5.41, 5.74) is 7.14. The standard InChI is InChI=1S/C27H34FN5O5/c1-4-5-20-24(30-2)25(36)22(17-34)21(15-31(3)14-18-6-8-19(28)9-7-18)26(20)38-27(37)33-12-10-32(11-13-33)16-23(29)35/h4-9,17,30,36H,10-16H2,1-3H3,(H2,29,35)/b5-4-. The van der Waals surface area contributed by atoms with Crippen molar-refractivity contribution < 1.29 is 28.6 Å². The molecule has 0 saturated carbocycles. The molecule has 0 unspecified atom stereocenters. The van der Waals surface area contributed by atoms with Crippen molar-refractivity contribution in [3.8, 4) is 11.5 Å². The molecule has 0 bridgehead atoms. The molecule has 1 aliphatic rings. The van der Waals surface area contributed by atoms with E-state index in [1.54, 1.807) is 45.3 Å². The molecule has 2 aromatic carbocycles. The fourth-order valence-electron chi connectivity index (χ4n) is 4.47. The van der Waals surface area contributed by atoms with Gasteiger partial charge in [0.1, 0.15) is 17.3 Å². The summed E-state index contributed by atoms with van der Waals surface area (Å²) in [6.45, 7) is 4.07. The second-order valence-electron chi connectivity index (χ2n) is 9.12. The van der Waals surface area contributed by atoms with E-state index in [0.29, 0.717) is 50.1 Å². The Kier molecular flexibility index (Phi) is 9.80. The molecular formula is C27H34FN5O5. The first-order chi connectivity index (χ1) is 18.2. The molecule has 38 heavy (non-hydrogen) atoms. The Balaban J connectivity index is 1.95. The van der Waals surface area contributed by atoms with E-state index in [4.69, 9.17) is 10.5 Å². The number of nitrogens with two attached hydrogens (primary N) is 1. The first-order valence-electron chi connectivity index (χ1n) is 12.3. The highest BCUT2D eigenvalue weighted by atomic mass is 19.1. The quantitative estimate of drug-likeness (QED) is 0.318. The van der Waals surface area contributed by atoms with E-state index < -0.39 is 12.0 Å². The number of benzene rings is 2. The van der Waals surface area contributed by atoms with Crippen LogP contribution in [0.4, 0.5) is 14.9 Å². The first kappa shape index (κ1) is 28.6. The highest BCUT2D eigenvalue weighted by molar-refractivity contribution is 5.93. The summed E-state index contributed by atoms with van der Waals surface area (Å²) in [7, 11) is 3.40. The summed E-state index contributed by atoms with van der Waals surface area (Å²) in [5.74, 6) is -0.868. The first-order valence-corrected chi connectivity index (χ1v) is 12.3. The number of rotatable bonds is 10. The summed E-state index contributed by atoms with van der Waals surface area (Å²) in [5, 5.41) is 13.8. The van der Waals surface area contributed by atoms with Gasteiger partial charge in [0.15, 0.2) is 6.29 Å². The summed E-state index contributed by atoms with van der Waals surface area (Å²) in [4.78, 5) is 41.9. The number of allylic oxidation sites excluding steroid dienone is 1. The molecule has 1 aliphatic heterocycles. The number of nitrogens with one attached hydrogen (secondary N) is 1. The lowest BCUT2D eigenvalue weighted by Crippen LogP contribution is -2.51. The van der Waals surface area contributed by atoms with Crippen LogP contribution in [0.1, 0.15) is 34.0 Å². The molecule has 1 saturated heterocycles. The molecule has 204 valence electrons. The maximum Gasteiger partial charge on any atom is 0.415 e. The Bertz CT molecular complexity index is 1190. The summed E-state index contributed by atoms with van der Waals surface area (Å²) in [6, 6.07) is 6.07. The zero-order valence-corrected chi connectivity index (χ0v) is 21.9. The number of nitrogens with zero attached hydrogens (tertiary/aromatic N) is 3. The number of anilines is 1. The molecule has 0 aliphatic carbocycles. The van der Waals surface area contributed by atoms with Crippen LogP contribution in [0.25, 0.3) is 6.08 Å². The van der Waals surface area contributed by atoms with Gasteiger partial charge in [-0.05, 0) is 31.7 Å². The van der Waals surface area contributed by atoms with Gasteiger partial charge in [0.05, 0.1) is 17.8 Å². The van der Waals surface area contributed by atoms with Crippen LogP contribution in [0.15, 0.2) is 30.3 Å². The SMILES string of the molecule is C/C=C\c1c(NC)c(O)c(C=O)c(CN(C)Cc2ccc(F)cc2)c1OC(=O)N1CCN(CC(N)=O)CC1. The molecule has 0 radical (unpaired) electrons. The summed E-state index contributed by atoms with van der Waals surface area (Å²) < 4.78 is 19.3. The molecule has 0 aromatic heterocycles. The number of piperazine rings is 1. The fraction of sp³-hybridized carbons (Fsp3) is 0.370. The Morgan fingerprint density at radius 1 is 1.16 bits per heavy atom. The zero-order valence-electron chi connectivity index (χ0n) is 21.9. The van der Waals surface area contributed by atoms with Crippen LogP contribution in [0.3, 0.4) is 0 Å². The predicted octanol–water partition coefficient (Wildman–Crippen LogP) is 2.65. The van der Waals surface area contributed by atoms with Gasteiger partial charge in [0.2, 0.25) is 5.91 Å². The van der Waals surface area contributed by atoms with E-state index in [2.05, 4.69) is 5.32 Å². The van der Waals surface area contributed by atoms with Crippen LogP contribution in [0.2, 0.25) is 0 Å². The third-order valence-electron chi connectivity index (χ3n) is 6.30. The lowest BCUT2D eigenvalue weighted by molar-refractivity contribution is -0.119. The minimum atomic E-state index is -0.610. The third kappa shape index (κ3) is 6.87.